The Balaban J connectivity index is 0.00000176. The van der Waals surface area contributed by atoms with Gasteiger partial charge in [-0.1, -0.05) is 0 Å². The molecule has 1 aliphatic rings. The average molecular weight is 322 g/mol. The summed E-state index contributed by atoms with van der Waals surface area (Å²) in [6, 6.07) is 7.37. The number of hydrogen-bond acceptors (Lipinski definition) is 4. The number of aromatic amines is 1. The molecule has 1 unspecified atom stereocenters. The first kappa shape index (κ1) is 16.5. The zero-order chi connectivity index (χ0) is 14.8. The van der Waals surface area contributed by atoms with Gasteiger partial charge >= 0.3 is 0 Å². The lowest BCUT2D eigenvalue weighted by Gasteiger charge is -2.07. The van der Waals surface area contributed by atoms with Crippen LogP contribution in [0.15, 0.2) is 24.3 Å². The van der Waals surface area contributed by atoms with Gasteiger partial charge in [0.05, 0.1) is 0 Å². The van der Waals surface area contributed by atoms with Crippen LogP contribution in [0.5, 0.6) is 0 Å². The van der Waals surface area contributed by atoms with Crippen LogP contribution < -0.4 is 11.1 Å². The summed E-state index contributed by atoms with van der Waals surface area (Å²) >= 11 is 0. The number of nitrogens with one attached hydrogen (secondary N) is 2. The molecule has 1 aromatic heterocycles. The molecule has 2 aromatic rings. The molecule has 1 heterocycles. The first-order chi connectivity index (χ1) is 10.1. The summed E-state index contributed by atoms with van der Waals surface area (Å²) in [5.74, 6) is 2.15. The molecular formula is C15H20ClN5O. The summed E-state index contributed by atoms with van der Waals surface area (Å²) in [5, 5.41) is 10.0. The highest BCUT2D eigenvalue weighted by Gasteiger charge is 2.27. The van der Waals surface area contributed by atoms with Gasteiger partial charge in [0.1, 0.15) is 5.82 Å². The lowest BCUT2D eigenvalue weighted by Crippen LogP contribution is -2.23. The van der Waals surface area contributed by atoms with Crippen LogP contribution in [0.4, 0.5) is 5.69 Å². The topological polar surface area (TPSA) is 96.7 Å². The number of anilines is 1. The molecule has 1 atom stereocenters. The van der Waals surface area contributed by atoms with Crippen LogP contribution in [0.25, 0.3) is 11.4 Å². The highest BCUT2D eigenvalue weighted by atomic mass is 35.5. The van der Waals surface area contributed by atoms with E-state index in [2.05, 4.69) is 20.5 Å². The second-order valence-electron chi connectivity index (χ2n) is 5.63. The van der Waals surface area contributed by atoms with Crippen LogP contribution in [0.1, 0.15) is 37.9 Å². The quantitative estimate of drug-likeness (QED) is 0.788. The van der Waals surface area contributed by atoms with Crippen LogP contribution in [-0.2, 0) is 4.79 Å². The highest BCUT2D eigenvalue weighted by Crippen LogP contribution is 2.38. The molecule has 1 fully saturated rings. The number of carbonyl (C=O) groups is 1. The van der Waals surface area contributed by atoms with Crippen molar-refractivity contribution in [3.63, 3.8) is 0 Å². The Morgan fingerprint density at radius 1 is 1.41 bits per heavy atom. The Morgan fingerprint density at radius 3 is 2.68 bits per heavy atom. The Labute approximate surface area is 135 Å². The Kier molecular flexibility index (Phi) is 5.15. The van der Waals surface area contributed by atoms with Crippen LogP contribution in [0.2, 0.25) is 0 Å². The molecule has 0 bridgehead atoms. The predicted molar refractivity (Wildman–Crippen MR) is 87.9 cm³/mol. The third-order valence-corrected chi connectivity index (χ3v) is 3.40. The molecule has 3 rings (SSSR count). The number of hydrogen-bond donors (Lipinski definition) is 3. The predicted octanol–water partition coefficient (Wildman–Crippen LogP) is 2.45. The van der Waals surface area contributed by atoms with Crippen molar-refractivity contribution in [2.24, 2.45) is 5.73 Å². The van der Waals surface area contributed by atoms with E-state index in [1.165, 1.54) is 12.8 Å². The number of carbonyl (C=O) groups excluding carboxylic acids is 1. The highest BCUT2D eigenvalue weighted by molar-refractivity contribution is 5.91. The fourth-order valence-corrected chi connectivity index (χ4v) is 2.15. The number of nitrogens with zero attached hydrogens (tertiary/aromatic N) is 2. The summed E-state index contributed by atoms with van der Waals surface area (Å²) in [5.41, 5.74) is 7.28. The summed E-state index contributed by atoms with van der Waals surface area (Å²) in [6.07, 6.45) is 2.70. The zero-order valence-corrected chi connectivity index (χ0v) is 13.2. The molecule has 0 aliphatic heterocycles. The van der Waals surface area contributed by atoms with Gasteiger partial charge in [-0.2, -0.15) is 5.10 Å². The molecule has 0 spiro atoms. The minimum absolute atomic E-state index is 0. The fourth-order valence-electron chi connectivity index (χ4n) is 2.15. The van der Waals surface area contributed by atoms with E-state index in [1.54, 1.807) is 0 Å². The van der Waals surface area contributed by atoms with Gasteiger partial charge in [0.2, 0.25) is 5.91 Å². The maximum absolute atomic E-state index is 11.6. The number of H-pyrrole nitrogens is 1. The van der Waals surface area contributed by atoms with Gasteiger partial charge in [-0.05, 0) is 44.0 Å². The van der Waals surface area contributed by atoms with E-state index in [9.17, 15) is 4.79 Å². The number of nitrogens with two attached hydrogens (primary N) is 1. The van der Waals surface area contributed by atoms with E-state index in [4.69, 9.17) is 5.73 Å². The van der Waals surface area contributed by atoms with E-state index in [0.29, 0.717) is 18.2 Å². The number of amides is 1. The van der Waals surface area contributed by atoms with Crippen molar-refractivity contribution < 1.29 is 4.79 Å². The molecule has 1 aromatic carbocycles. The summed E-state index contributed by atoms with van der Waals surface area (Å²) in [6.45, 7) is 1.81. The van der Waals surface area contributed by atoms with Gasteiger partial charge in [-0.15, -0.1) is 12.4 Å². The molecule has 0 radical (unpaired) electrons. The monoisotopic (exact) mass is 321 g/mol. The van der Waals surface area contributed by atoms with Crippen LogP contribution in [0.3, 0.4) is 0 Å². The third kappa shape index (κ3) is 4.05. The van der Waals surface area contributed by atoms with Gasteiger partial charge in [0, 0.05) is 29.6 Å². The van der Waals surface area contributed by atoms with Crippen molar-refractivity contribution in [2.75, 3.05) is 5.32 Å². The van der Waals surface area contributed by atoms with Gasteiger partial charge in [-0.25, -0.2) is 4.98 Å². The molecular weight excluding hydrogens is 302 g/mol. The van der Waals surface area contributed by atoms with E-state index >= 15 is 0 Å². The van der Waals surface area contributed by atoms with Crippen LogP contribution in [-0.4, -0.2) is 27.1 Å². The average Bonchev–Trinajstić information content (AvgIpc) is 3.17. The maximum Gasteiger partial charge on any atom is 0.225 e. The lowest BCUT2D eigenvalue weighted by molar-refractivity contribution is -0.116. The number of rotatable bonds is 5. The van der Waals surface area contributed by atoms with Gasteiger partial charge in [0.25, 0.3) is 0 Å². The Hall–Kier alpha value is -1.92. The Morgan fingerprint density at radius 2 is 2.09 bits per heavy atom. The van der Waals surface area contributed by atoms with E-state index in [1.807, 2.05) is 31.2 Å². The molecule has 1 saturated carbocycles. The Bertz CT molecular complexity index is 634. The number of benzene rings is 1. The molecule has 1 amide bonds. The summed E-state index contributed by atoms with van der Waals surface area (Å²) < 4.78 is 0. The normalized spacial score (nSPS) is 15.0. The van der Waals surface area contributed by atoms with E-state index < -0.39 is 0 Å². The molecule has 4 N–H and O–H groups in total. The summed E-state index contributed by atoms with van der Waals surface area (Å²) in [7, 11) is 0. The molecule has 22 heavy (non-hydrogen) atoms. The maximum atomic E-state index is 11.6. The largest absolute Gasteiger partial charge is 0.327 e. The SMILES string of the molecule is CC(N)CC(=O)Nc1ccc(-c2n[nH]c(C3CC3)n2)cc1.Cl. The standard InChI is InChI=1S/C15H19N5O.ClH/c1-9(16)8-13(21)17-12-6-4-11(5-7-12)15-18-14(19-20-15)10-2-3-10;/h4-7,9-10H,2-3,8,16H2,1H3,(H,17,21)(H,18,19,20);1H. The second-order valence-corrected chi connectivity index (χ2v) is 5.63. The minimum atomic E-state index is -0.140. The van der Waals surface area contributed by atoms with Crippen molar-refractivity contribution in [1.82, 2.24) is 15.2 Å². The first-order valence-corrected chi connectivity index (χ1v) is 7.20. The first-order valence-electron chi connectivity index (χ1n) is 7.20. The van der Waals surface area contributed by atoms with Gasteiger partial charge in [-0.3, -0.25) is 9.89 Å². The molecule has 118 valence electrons. The smallest absolute Gasteiger partial charge is 0.225 e. The van der Waals surface area contributed by atoms with Gasteiger partial charge < -0.3 is 11.1 Å². The molecule has 6 nitrogen and oxygen atoms in total. The second kappa shape index (κ2) is 6.89. The molecule has 1 aliphatic carbocycles. The van der Waals surface area contributed by atoms with E-state index in [0.717, 1.165) is 17.1 Å². The molecule has 7 heteroatoms. The van der Waals surface area contributed by atoms with Crippen molar-refractivity contribution in [1.29, 1.82) is 0 Å². The third-order valence-electron chi connectivity index (χ3n) is 3.40. The van der Waals surface area contributed by atoms with Crippen molar-refractivity contribution in [3.8, 4) is 11.4 Å². The van der Waals surface area contributed by atoms with Crippen molar-refractivity contribution >= 4 is 24.0 Å². The number of halogens is 1. The van der Waals surface area contributed by atoms with Crippen molar-refractivity contribution in [2.45, 2.75) is 38.1 Å². The molecule has 0 saturated heterocycles. The zero-order valence-electron chi connectivity index (χ0n) is 12.4. The van der Waals surface area contributed by atoms with Crippen molar-refractivity contribution in [3.05, 3.63) is 30.1 Å². The lowest BCUT2D eigenvalue weighted by atomic mass is 10.2. The fraction of sp³-hybridized carbons (Fsp3) is 0.400. The van der Waals surface area contributed by atoms with E-state index in [-0.39, 0.29) is 24.4 Å². The van der Waals surface area contributed by atoms with Crippen LogP contribution in [0, 0.1) is 0 Å². The van der Waals surface area contributed by atoms with Gasteiger partial charge in [0.15, 0.2) is 5.82 Å². The minimum Gasteiger partial charge on any atom is -0.327 e. The summed E-state index contributed by atoms with van der Waals surface area (Å²) in [4.78, 5) is 16.1. The number of aromatic nitrogens is 3. The van der Waals surface area contributed by atoms with Crippen LogP contribution >= 0.6 is 12.4 Å².